The van der Waals surface area contributed by atoms with Gasteiger partial charge in [-0.3, -0.25) is 9.46 Å². The molecule has 0 aromatic heterocycles. The summed E-state index contributed by atoms with van der Waals surface area (Å²) in [5, 5.41) is 0.825. The normalized spacial score (nSPS) is 16.7. The third-order valence-corrected chi connectivity index (χ3v) is 4.10. The minimum absolute atomic E-state index is 0.825. The van der Waals surface area contributed by atoms with Crippen molar-refractivity contribution in [2.24, 2.45) is 0 Å². The quantitative estimate of drug-likeness (QED) is 0.463. The van der Waals surface area contributed by atoms with Gasteiger partial charge in [0.15, 0.2) is 6.67 Å². The summed E-state index contributed by atoms with van der Waals surface area (Å²) in [6.45, 7) is 5.86. The molecule has 6 nitrogen and oxygen atoms in total. The van der Waals surface area contributed by atoms with E-state index in [4.69, 9.17) is 30.8 Å². The molecule has 1 aromatic carbocycles. The van der Waals surface area contributed by atoms with Crippen LogP contribution < -0.4 is 9.79 Å². The van der Waals surface area contributed by atoms with Crippen molar-refractivity contribution in [2.75, 3.05) is 19.8 Å². The number of quaternary nitrogens is 1. The van der Waals surface area contributed by atoms with Crippen molar-refractivity contribution in [3.63, 3.8) is 0 Å². The molecule has 1 unspecified atom stereocenters. The fourth-order valence-electron chi connectivity index (χ4n) is 2.59. The van der Waals surface area contributed by atoms with E-state index in [9.17, 15) is 0 Å². The Morgan fingerprint density at radius 1 is 1.24 bits per heavy atom. The molecule has 2 rings (SSSR count). The van der Waals surface area contributed by atoms with Crippen molar-refractivity contribution in [3.8, 4) is 0 Å². The summed E-state index contributed by atoms with van der Waals surface area (Å²) in [4.78, 5) is 27.0. The highest BCUT2D eigenvalue weighted by atomic mass is 35.5. The van der Waals surface area contributed by atoms with Gasteiger partial charge in [-0.05, 0) is 43.4 Å². The van der Waals surface area contributed by atoms with Crippen molar-refractivity contribution < 1.29 is 24.1 Å². The Hall–Kier alpha value is -0.880. The molecule has 0 saturated carbocycles. The van der Waals surface area contributed by atoms with Gasteiger partial charge in [0, 0.05) is 11.6 Å². The van der Waals surface area contributed by atoms with Crippen LogP contribution in [0.2, 0.25) is 5.02 Å². The molecule has 1 aliphatic heterocycles. The number of nitrogens with one attached hydrogen (secondary N) is 1. The highest BCUT2D eigenvalue weighted by molar-refractivity contribution is 7.43. The van der Waals surface area contributed by atoms with Gasteiger partial charge in [0.25, 0.3) is 7.82 Å². The first-order chi connectivity index (χ1) is 11.8. The zero-order valence-corrected chi connectivity index (χ0v) is 16.3. The van der Waals surface area contributed by atoms with Gasteiger partial charge in [0.2, 0.25) is 0 Å². The highest BCUT2D eigenvalue weighted by Crippen LogP contribution is 2.19. The highest BCUT2D eigenvalue weighted by Gasteiger charge is 2.15. The third-order valence-electron chi connectivity index (χ3n) is 3.85. The van der Waals surface area contributed by atoms with Crippen molar-refractivity contribution in [3.05, 3.63) is 47.3 Å². The lowest BCUT2D eigenvalue weighted by Crippen LogP contribution is -3.07. The van der Waals surface area contributed by atoms with E-state index in [1.165, 1.54) is 44.3 Å². The Balaban J connectivity index is 0.000000550. The van der Waals surface area contributed by atoms with Crippen LogP contribution in [-0.2, 0) is 11.0 Å². The van der Waals surface area contributed by atoms with Gasteiger partial charge in [-0.25, -0.2) is 0 Å². The molecule has 1 aliphatic rings. The fourth-order valence-corrected chi connectivity index (χ4v) is 2.72. The standard InChI is InChI=1S/C17H25ClN2.H3O4P/c1-2-3-11-19-13-14-20(15-19)12-5-4-6-16-7-9-17(18)10-8-16;1-5(2,3)4/h7-10,13-14H,2-6,11-12,15H2,1H3;(H3,1,2,3,4). The summed E-state index contributed by atoms with van der Waals surface area (Å²) >= 11 is 5.89. The van der Waals surface area contributed by atoms with Crippen LogP contribution in [0.1, 0.15) is 38.2 Å². The zero-order chi connectivity index (χ0) is 18.7. The van der Waals surface area contributed by atoms with E-state index >= 15 is 0 Å². The molecule has 1 atom stereocenters. The topological polar surface area (TPSA) is 88.3 Å². The second-order valence-corrected chi connectivity index (χ2v) is 7.54. The van der Waals surface area contributed by atoms with Crippen LogP contribution in [0.3, 0.4) is 0 Å². The molecule has 0 spiro atoms. The third kappa shape index (κ3) is 12.2. The predicted molar refractivity (Wildman–Crippen MR) is 97.9 cm³/mol. The molecule has 3 N–H and O–H groups in total. The van der Waals surface area contributed by atoms with Gasteiger partial charge in [-0.2, -0.15) is 0 Å². The molecule has 8 heteroatoms. The Morgan fingerprint density at radius 3 is 2.48 bits per heavy atom. The largest absolute Gasteiger partial charge is 0.756 e. The van der Waals surface area contributed by atoms with Crippen LogP contribution in [0, 0.1) is 0 Å². The van der Waals surface area contributed by atoms with E-state index in [2.05, 4.69) is 36.4 Å². The number of rotatable bonds is 8. The number of aryl methyl sites for hydroxylation is 1. The summed E-state index contributed by atoms with van der Waals surface area (Å²) < 4.78 is 8.77. The van der Waals surface area contributed by atoms with E-state index in [1.54, 1.807) is 4.90 Å². The van der Waals surface area contributed by atoms with Gasteiger partial charge < -0.3 is 19.6 Å². The molecule has 1 aromatic rings. The Labute approximate surface area is 155 Å². The van der Waals surface area contributed by atoms with Crippen LogP contribution in [0.25, 0.3) is 0 Å². The van der Waals surface area contributed by atoms with Gasteiger partial charge in [0.1, 0.15) is 6.20 Å². The molecule has 0 radical (unpaired) electrons. The molecular weight excluding hydrogens is 363 g/mol. The maximum absolute atomic E-state index is 8.77. The lowest BCUT2D eigenvalue weighted by molar-refractivity contribution is -0.849. The molecule has 0 fully saturated rings. The fraction of sp³-hybridized carbons (Fsp3) is 0.529. The second kappa shape index (κ2) is 11.7. The zero-order valence-electron chi connectivity index (χ0n) is 14.6. The van der Waals surface area contributed by atoms with Crippen LogP contribution in [0.4, 0.5) is 0 Å². The minimum Gasteiger partial charge on any atom is -0.756 e. The molecule has 0 amide bonds. The van der Waals surface area contributed by atoms with Crippen molar-refractivity contribution in [2.45, 2.75) is 39.0 Å². The molecular formula is C17H28ClN2O4P. The van der Waals surface area contributed by atoms with Gasteiger partial charge in [-0.15, -0.1) is 0 Å². The first kappa shape index (κ1) is 22.2. The number of unbranched alkanes of at least 4 members (excludes halogenated alkanes) is 2. The SMILES string of the molecule is CCCC[NH+]1C=CN(CCCCc2ccc(Cl)cc2)C1.O=P([O-])(O)O. The lowest BCUT2D eigenvalue weighted by Gasteiger charge is -2.16. The van der Waals surface area contributed by atoms with Crippen molar-refractivity contribution >= 4 is 19.4 Å². The maximum atomic E-state index is 8.77. The van der Waals surface area contributed by atoms with Crippen molar-refractivity contribution in [1.29, 1.82) is 0 Å². The predicted octanol–water partition coefficient (Wildman–Crippen LogP) is 1.53. The number of phosphoric acid groups is 1. The van der Waals surface area contributed by atoms with E-state index in [0.717, 1.165) is 18.1 Å². The number of hydrogen-bond acceptors (Lipinski definition) is 3. The molecule has 142 valence electrons. The van der Waals surface area contributed by atoms with Crippen LogP contribution in [0.5, 0.6) is 0 Å². The van der Waals surface area contributed by atoms with E-state index in [0.29, 0.717) is 0 Å². The molecule has 0 aliphatic carbocycles. The molecule has 1 heterocycles. The van der Waals surface area contributed by atoms with Crippen LogP contribution in [0.15, 0.2) is 36.7 Å². The summed E-state index contributed by atoms with van der Waals surface area (Å²) in [5.41, 5.74) is 1.39. The van der Waals surface area contributed by atoms with Gasteiger partial charge in [-0.1, -0.05) is 37.1 Å². The Morgan fingerprint density at radius 2 is 1.88 bits per heavy atom. The average molecular weight is 391 g/mol. The van der Waals surface area contributed by atoms with Crippen LogP contribution >= 0.6 is 19.4 Å². The summed E-state index contributed by atoms with van der Waals surface area (Å²) in [5.74, 6) is 0. The van der Waals surface area contributed by atoms with E-state index < -0.39 is 7.82 Å². The summed E-state index contributed by atoms with van der Waals surface area (Å²) in [7, 11) is -4.89. The smallest absolute Gasteiger partial charge is 0.262 e. The molecule has 25 heavy (non-hydrogen) atoms. The Kier molecular flexibility index (Phi) is 10.4. The van der Waals surface area contributed by atoms with Gasteiger partial charge >= 0.3 is 0 Å². The lowest BCUT2D eigenvalue weighted by atomic mass is 10.1. The minimum atomic E-state index is -4.89. The van der Waals surface area contributed by atoms with E-state index in [1.807, 2.05) is 12.1 Å². The maximum Gasteiger partial charge on any atom is 0.262 e. The number of halogens is 1. The summed E-state index contributed by atoms with van der Waals surface area (Å²) in [6.07, 6.45) is 10.9. The average Bonchev–Trinajstić information content (AvgIpc) is 2.97. The Bertz CT molecular complexity index is 554. The van der Waals surface area contributed by atoms with E-state index in [-0.39, 0.29) is 0 Å². The first-order valence-corrected chi connectivity index (χ1v) is 10.5. The van der Waals surface area contributed by atoms with Crippen molar-refractivity contribution in [1.82, 2.24) is 4.90 Å². The first-order valence-electron chi connectivity index (χ1n) is 8.56. The number of benzene rings is 1. The number of nitrogens with zero attached hydrogens (tertiary/aromatic N) is 1. The van der Waals surface area contributed by atoms with Crippen LogP contribution in [-0.4, -0.2) is 34.4 Å². The summed E-state index contributed by atoms with van der Waals surface area (Å²) in [6, 6.07) is 8.23. The molecule has 0 saturated heterocycles. The van der Waals surface area contributed by atoms with Gasteiger partial charge in [0.05, 0.1) is 12.7 Å². The molecule has 0 bridgehead atoms. The number of hydrogen-bond donors (Lipinski definition) is 3. The monoisotopic (exact) mass is 390 g/mol. The second-order valence-electron chi connectivity index (χ2n) is 6.12.